The van der Waals surface area contributed by atoms with Gasteiger partial charge in [-0.1, -0.05) is 6.07 Å². The molecule has 2 aromatic carbocycles. The van der Waals surface area contributed by atoms with Gasteiger partial charge in [0.25, 0.3) is 5.91 Å². The minimum Gasteiger partial charge on any atom is -0.486 e. The number of nitriles is 1. The van der Waals surface area contributed by atoms with Crippen molar-refractivity contribution in [2.45, 2.75) is 0 Å². The van der Waals surface area contributed by atoms with Gasteiger partial charge in [-0.05, 0) is 30.3 Å². The zero-order valence-electron chi connectivity index (χ0n) is 14.7. The van der Waals surface area contributed by atoms with E-state index < -0.39 is 0 Å². The summed E-state index contributed by atoms with van der Waals surface area (Å²) in [4.78, 5) is 20.7. The number of carbonyl (C=O) groups is 1. The lowest BCUT2D eigenvalue weighted by Crippen LogP contribution is -2.17. The Hall–Kier alpha value is -4.12. The number of nitrogens with one attached hydrogen (secondary N) is 2. The third-order valence-electron chi connectivity index (χ3n) is 3.96. The Kier molecular flexibility index (Phi) is 4.72. The van der Waals surface area contributed by atoms with Gasteiger partial charge in [-0.2, -0.15) is 5.26 Å². The SMILES string of the molecule is N#Cc1cccc(Nc2cc(C(=O)Nc3ccc4c(c3)OCCO4)ncn2)c1. The number of benzene rings is 2. The van der Waals surface area contributed by atoms with Crippen molar-refractivity contribution in [2.75, 3.05) is 23.8 Å². The summed E-state index contributed by atoms with van der Waals surface area (Å²) in [5.41, 5.74) is 1.99. The van der Waals surface area contributed by atoms with E-state index in [9.17, 15) is 4.79 Å². The minimum atomic E-state index is -0.382. The van der Waals surface area contributed by atoms with Crippen LogP contribution >= 0.6 is 0 Å². The van der Waals surface area contributed by atoms with Gasteiger partial charge in [-0.15, -0.1) is 0 Å². The van der Waals surface area contributed by atoms with Crippen molar-refractivity contribution >= 4 is 23.1 Å². The predicted octanol–water partition coefficient (Wildman–Crippen LogP) is 3.12. The number of amides is 1. The first kappa shape index (κ1) is 17.3. The lowest BCUT2D eigenvalue weighted by Gasteiger charge is -2.19. The molecule has 1 aliphatic rings. The molecule has 8 nitrogen and oxygen atoms in total. The Morgan fingerprint density at radius 1 is 1.00 bits per heavy atom. The van der Waals surface area contributed by atoms with E-state index in [0.717, 1.165) is 0 Å². The molecule has 8 heteroatoms. The Morgan fingerprint density at radius 2 is 1.86 bits per heavy atom. The monoisotopic (exact) mass is 373 g/mol. The topological polar surface area (TPSA) is 109 Å². The second kappa shape index (κ2) is 7.63. The lowest BCUT2D eigenvalue weighted by atomic mass is 10.2. The molecule has 28 heavy (non-hydrogen) atoms. The van der Waals surface area contributed by atoms with Crippen LogP contribution in [0.5, 0.6) is 11.5 Å². The molecule has 2 N–H and O–H groups in total. The zero-order chi connectivity index (χ0) is 19.3. The second-order valence-electron chi connectivity index (χ2n) is 5.92. The van der Waals surface area contributed by atoms with Crippen molar-refractivity contribution in [2.24, 2.45) is 0 Å². The maximum Gasteiger partial charge on any atom is 0.274 e. The molecular weight excluding hydrogens is 358 g/mol. The third-order valence-corrected chi connectivity index (χ3v) is 3.96. The van der Waals surface area contributed by atoms with Crippen LogP contribution in [0.25, 0.3) is 0 Å². The van der Waals surface area contributed by atoms with E-state index in [2.05, 4.69) is 26.7 Å². The number of hydrogen-bond donors (Lipinski definition) is 2. The number of ether oxygens (including phenoxy) is 2. The van der Waals surface area contributed by atoms with Gasteiger partial charge >= 0.3 is 0 Å². The van der Waals surface area contributed by atoms with E-state index in [-0.39, 0.29) is 11.6 Å². The Morgan fingerprint density at radius 3 is 2.71 bits per heavy atom. The third kappa shape index (κ3) is 3.83. The molecule has 1 aromatic heterocycles. The van der Waals surface area contributed by atoms with Crippen LogP contribution in [0.15, 0.2) is 54.9 Å². The summed E-state index contributed by atoms with van der Waals surface area (Å²) in [6.07, 6.45) is 1.30. The molecule has 0 atom stereocenters. The fraction of sp³-hybridized carbons (Fsp3) is 0.100. The highest BCUT2D eigenvalue weighted by Crippen LogP contribution is 2.32. The summed E-state index contributed by atoms with van der Waals surface area (Å²) in [5.74, 6) is 1.30. The van der Waals surface area contributed by atoms with Crippen molar-refractivity contribution in [3.63, 3.8) is 0 Å². The molecule has 4 rings (SSSR count). The summed E-state index contributed by atoms with van der Waals surface area (Å²) in [6, 6.07) is 15.8. The van der Waals surface area contributed by atoms with Crippen LogP contribution in [0.1, 0.15) is 16.1 Å². The van der Waals surface area contributed by atoms with Gasteiger partial charge in [0.1, 0.15) is 31.1 Å². The largest absolute Gasteiger partial charge is 0.486 e. The predicted molar refractivity (Wildman–Crippen MR) is 102 cm³/mol. The first-order chi connectivity index (χ1) is 13.7. The van der Waals surface area contributed by atoms with Gasteiger partial charge in [-0.25, -0.2) is 9.97 Å². The number of anilines is 3. The van der Waals surface area contributed by atoms with E-state index in [4.69, 9.17) is 14.7 Å². The molecule has 1 aliphatic heterocycles. The highest BCUT2D eigenvalue weighted by Gasteiger charge is 2.14. The first-order valence-corrected chi connectivity index (χ1v) is 8.51. The quantitative estimate of drug-likeness (QED) is 0.723. The first-order valence-electron chi connectivity index (χ1n) is 8.51. The van der Waals surface area contributed by atoms with E-state index in [1.54, 1.807) is 42.5 Å². The molecule has 0 radical (unpaired) electrons. The fourth-order valence-corrected chi connectivity index (χ4v) is 2.68. The number of fused-ring (bicyclic) bond motifs is 1. The maximum absolute atomic E-state index is 12.5. The molecule has 0 saturated heterocycles. The summed E-state index contributed by atoms with van der Waals surface area (Å²) < 4.78 is 11.0. The smallest absolute Gasteiger partial charge is 0.274 e. The minimum absolute atomic E-state index is 0.198. The standard InChI is InChI=1S/C20H15N5O3/c21-11-13-2-1-3-14(8-13)24-19-10-16(22-12-23-19)20(26)25-15-4-5-17-18(9-15)28-7-6-27-17/h1-5,8-10,12H,6-7H2,(H,25,26)(H,22,23,24). The van der Waals surface area contributed by atoms with Crippen LogP contribution < -0.4 is 20.1 Å². The van der Waals surface area contributed by atoms with E-state index in [0.29, 0.717) is 47.5 Å². The van der Waals surface area contributed by atoms with E-state index >= 15 is 0 Å². The van der Waals surface area contributed by atoms with Crippen LogP contribution in [0.2, 0.25) is 0 Å². The van der Waals surface area contributed by atoms with Crippen LogP contribution in [0.3, 0.4) is 0 Å². The molecule has 2 heterocycles. The second-order valence-corrected chi connectivity index (χ2v) is 5.92. The molecular formula is C20H15N5O3. The van der Waals surface area contributed by atoms with Gasteiger partial charge < -0.3 is 20.1 Å². The molecule has 0 aliphatic carbocycles. The Bertz CT molecular complexity index is 1080. The average Bonchev–Trinajstić information content (AvgIpc) is 2.74. The number of carbonyl (C=O) groups excluding carboxylic acids is 1. The number of rotatable bonds is 4. The summed E-state index contributed by atoms with van der Waals surface area (Å²) >= 11 is 0. The zero-order valence-corrected chi connectivity index (χ0v) is 14.7. The van der Waals surface area contributed by atoms with Gasteiger partial charge in [0.15, 0.2) is 11.5 Å². The van der Waals surface area contributed by atoms with Crippen LogP contribution in [-0.2, 0) is 0 Å². The van der Waals surface area contributed by atoms with E-state index in [1.807, 2.05) is 0 Å². The molecule has 0 bridgehead atoms. The molecule has 3 aromatic rings. The van der Waals surface area contributed by atoms with Gasteiger partial charge in [0.2, 0.25) is 0 Å². The lowest BCUT2D eigenvalue weighted by molar-refractivity contribution is 0.102. The number of hydrogen-bond acceptors (Lipinski definition) is 7. The van der Waals surface area contributed by atoms with Gasteiger partial charge in [-0.3, -0.25) is 4.79 Å². The molecule has 1 amide bonds. The van der Waals surface area contributed by atoms with Crippen molar-refractivity contribution in [3.05, 3.63) is 66.1 Å². The summed E-state index contributed by atoms with van der Waals surface area (Å²) in [5, 5.41) is 14.8. The van der Waals surface area contributed by atoms with E-state index in [1.165, 1.54) is 12.4 Å². The summed E-state index contributed by atoms with van der Waals surface area (Å²) in [6.45, 7) is 0.977. The molecule has 0 spiro atoms. The molecule has 0 unspecified atom stereocenters. The fourth-order valence-electron chi connectivity index (χ4n) is 2.68. The maximum atomic E-state index is 12.5. The normalized spacial score (nSPS) is 12.0. The number of aromatic nitrogens is 2. The van der Waals surface area contributed by atoms with Crippen molar-refractivity contribution in [3.8, 4) is 17.6 Å². The van der Waals surface area contributed by atoms with Crippen molar-refractivity contribution in [1.82, 2.24) is 9.97 Å². The molecule has 138 valence electrons. The van der Waals surface area contributed by atoms with Crippen molar-refractivity contribution < 1.29 is 14.3 Å². The number of nitrogens with zero attached hydrogens (tertiary/aromatic N) is 3. The molecule has 0 saturated carbocycles. The average molecular weight is 373 g/mol. The highest BCUT2D eigenvalue weighted by molar-refractivity contribution is 6.03. The van der Waals surface area contributed by atoms with Crippen molar-refractivity contribution in [1.29, 1.82) is 5.26 Å². The van der Waals surface area contributed by atoms with Crippen LogP contribution in [-0.4, -0.2) is 29.1 Å². The highest BCUT2D eigenvalue weighted by atomic mass is 16.6. The van der Waals surface area contributed by atoms with Gasteiger partial charge in [0, 0.05) is 23.5 Å². The van der Waals surface area contributed by atoms with Gasteiger partial charge in [0.05, 0.1) is 11.6 Å². The summed E-state index contributed by atoms with van der Waals surface area (Å²) in [7, 11) is 0. The molecule has 0 fully saturated rings. The van der Waals surface area contributed by atoms with Crippen LogP contribution in [0.4, 0.5) is 17.2 Å². The Balaban J connectivity index is 1.49. The Labute approximate surface area is 160 Å². The van der Waals surface area contributed by atoms with Crippen LogP contribution in [0, 0.1) is 11.3 Å².